The molecule has 1 heterocycles. The lowest BCUT2D eigenvalue weighted by Gasteiger charge is -2.15. The molecule has 0 amide bonds. The van der Waals surface area contributed by atoms with E-state index in [9.17, 15) is 4.79 Å². The molecule has 0 spiro atoms. The van der Waals surface area contributed by atoms with Gasteiger partial charge in [-0.15, -0.1) is 11.8 Å². The van der Waals surface area contributed by atoms with Gasteiger partial charge in [0.05, 0.1) is 6.33 Å². The number of hydrogen-bond acceptors (Lipinski definition) is 3. The van der Waals surface area contributed by atoms with Gasteiger partial charge in [0.25, 0.3) is 0 Å². The molecular weight excluding hydrogens is 272 g/mol. The Morgan fingerprint density at radius 3 is 2.55 bits per heavy atom. The van der Waals surface area contributed by atoms with Crippen molar-refractivity contribution in [2.75, 3.05) is 0 Å². The van der Waals surface area contributed by atoms with Crippen LogP contribution in [0, 0.1) is 5.92 Å². The third-order valence-electron chi connectivity index (χ3n) is 3.02. The van der Waals surface area contributed by atoms with Crippen LogP contribution in [0.4, 0.5) is 0 Å². The molecule has 2 rings (SSSR count). The molecule has 1 aromatic heterocycles. The van der Waals surface area contributed by atoms with Crippen molar-refractivity contribution in [3.05, 3.63) is 48.5 Å². The average molecular weight is 290 g/mol. The summed E-state index contributed by atoms with van der Waals surface area (Å²) >= 11 is 1.48. The molecule has 5 heteroatoms. The molecule has 4 nitrogen and oxygen atoms in total. The predicted octanol–water partition coefficient (Wildman–Crippen LogP) is 3.21. The SMILES string of the molecule is CC(C)C(SCc1ccc(-n2ccnc2)cc1)C(=O)O. The fourth-order valence-electron chi connectivity index (χ4n) is 1.91. The molecule has 0 aliphatic carbocycles. The van der Waals surface area contributed by atoms with Gasteiger partial charge in [0.2, 0.25) is 0 Å². The molecule has 2 aromatic rings. The Balaban J connectivity index is 1.99. The highest BCUT2D eigenvalue weighted by molar-refractivity contribution is 7.99. The first-order valence-electron chi connectivity index (χ1n) is 6.49. The Morgan fingerprint density at radius 1 is 1.35 bits per heavy atom. The van der Waals surface area contributed by atoms with Crippen molar-refractivity contribution in [2.45, 2.75) is 24.9 Å². The number of carbonyl (C=O) groups is 1. The van der Waals surface area contributed by atoms with E-state index in [-0.39, 0.29) is 11.2 Å². The van der Waals surface area contributed by atoms with E-state index in [2.05, 4.69) is 4.98 Å². The fraction of sp³-hybridized carbons (Fsp3) is 0.333. The number of aliphatic carboxylic acids is 1. The number of thioether (sulfide) groups is 1. The highest BCUT2D eigenvalue weighted by Crippen LogP contribution is 2.24. The maximum absolute atomic E-state index is 11.1. The molecule has 0 aliphatic heterocycles. The molecule has 0 fully saturated rings. The number of hydrogen-bond donors (Lipinski definition) is 1. The monoisotopic (exact) mass is 290 g/mol. The van der Waals surface area contributed by atoms with E-state index in [0.29, 0.717) is 5.75 Å². The molecule has 20 heavy (non-hydrogen) atoms. The minimum Gasteiger partial charge on any atom is -0.480 e. The molecule has 1 aromatic carbocycles. The molecule has 0 bridgehead atoms. The quantitative estimate of drug-likeness (QED) is 0.887. The van der Waals surface area contributed by atoms with Gasteiger partial charge in [0.15, 0.2) is 0 Å². The van der Waals surface area contributed by atoms with Crippen LogP contribution in [0.3, 0.4) is 0 Å². The number of rotatable bonds is 6. The third-order valence-corrected chi connectivity index (χ3v) is 4.62. The first-order valence-corrected chi connectivity index (χ1v) is 7.54. The van der Waals surface area contributed by atoms with Crippen molar-refractivity contribution in [3.8, 4) is 5.69 Å². The van der Waals surface area contributed by atoms with Crippen LogP contribution in [0.1, 0.15) is 19.4 Å². The number of nitrogens with zero attached hydrogens (tertiary/aromatic N) is 2. The van der Waals surface area contributed by atoms with Crippen LogP contribution >= 0.6 is 11.8 Å². The lowest BCUT2D eigenvalue weighted by Crippen LogP contribution is -2.22. The first-order chi connectivity index (χ1) is 9.58. The number of imidazole rings is 1. The van der Waals surface area contributed by atoms with Crippen molar-refractivity contribution in [1.29, 1.82) is 0 Å². The molecule has 1 N–H and O–H groups in total. The number of carboxylic acid groups (broad SMARTS) is 1. The van der Waals surface area contributed by atoms with Crippen molar-refractivity contribution >= 4 is 17.7 Å². The number of benzene rings is 1. The summed E-state index contributed by atoms with van der Waals surface area (Å²) < 4.78 is 1.94. The van der Waals surface area contributed by atoms with Gasteiger partial charge in [-0.25, -0.2) is 4.98 Å². The first kappa shape index (κ1) is 14.7. The second-order valence-corrected chi connectivity index (χ2v) is 6.08. The third kappa shape index (κ3) is 3.63. The molecule has 1 atom stereocenters. The lowest BCUT2D eigenvalue weighted by molar-refractivity contribution is -0.137. The van der Waals surface area contributed by atoms with Crippen LogP contribution in [0.15, 0.2) is 43.0 Å². The second-order valence-electron chi connectivity index (χ2n) is 4.95. The summed E-state index contributed by atoms with van der Waals surface area (Å²) in [5.41, 5.74) is 2.18. The zero-order valence-corrected chi connectivity index (χ0v) is 12.4. The van der Waals surface area contributed by atoms with E-state index in [4.69, 9.17) is 5.11 Å². The smallest absolute Gasteiger partial charge is 0.316 e. The van der Waals surface area contributed by atoms with Crippen LogP contribution < -0.4 is 0 Å². The number of carboxylic acids is 1. The zero-order chi connectivity index (χ0) is 14.5. The van der Waals surface area contributed by atoms with Gasteiger partial charge in [0, 0.05) is 23.8 Å². The van der Waals surface area contributed by atoms with Gasteiger partial charge in [-0.2, -0.15) is 0 Å². The van der Waals surface area contributed by atoms with E-state index in [1.54, 1.807) is 12.5 Å². The molecular formula is C15H18N2O2S. The largest absolute Gasteiger partial charge is 0.480 e. The van der Waals surface area contributed by atoms with Gasteiger partial charge in [-0.1, -0.05) is 26.0 Å². The highest BCUT2D eigenvalue weighted by atomic mass is 32.2. The summed E-state index contributed by atoms with van der Waals surface area (Å²) in [5, 5.41) is 8.80. The van der Waals surface area contributed by atoms with Gasteiger partial charge < -0.3 is 9.67 Å². The fourth-order valence-corrected chi connectivity index (χ4v) is 3.00. The number of aromatic nitrogens is 2. The summed E-state index contributed by atoms with van der Waals surface area (Å²) in [6.07, 6.45) is 5.38. The molecule has 1 unspecified atom stereocenters. The van der Waals surface area contributed by atoms with Gasteiger partial charge in [-0.3, -0.25) is 4.79 Å². The minimum absolute atomic E-state index is 0.128. The predicted molar refractivity (Wildman–Crippen MR) is 81.1 cm³/mol. The maximum Gasteiger partial charge on any atom is 0.316 e. The standard InChI is InChI=1S/C15H18N2O2S/c1-11(2)14(15(18)19)20-9-12-3-5-13(6-4-12)17-8-7-16-10-17/h3-8,10-11,14H,9H2,1-2H3,(H,18,19). The Hall–Kier alpha value is -1.75. The average Bonchev–Trinajstić information content (AvgIpc) is 2.92. The van der Waals surface area contributed by atoms with Crippen LogP contribution in [-0.2, 0) is 10.5 Å². The lowest BCUT2D eigenvalue weighted by atomic mass is 10.1. The van der Waals surface area contributed by atoms with Gasteiger partial charge in [0.1, 0.15) is 5.25 Å². The van der Waals surface area contributed by atoms with E-state index in [1.165, 1.54) is 11.8 Å². The molecule has 0 aliphatic rings. The Morgan fingerprint density at radius 2 is 2.05 bits per heavy atom. The van der Waals surface area contributed by atoms with Crippen LogP contribution in [0.25, 0.3) is 5.69 Å². The van der Waals surface area contributed by atoms with E-state index in [0.717, 1.165) is 11.3 Å². The molecule has 106 valence electrons. The Kier molecular flexibility index (Phi) is 4.84. The minimum atomic E-state index is -0.736. The van der Waals surface area contributed by atoms with Gasteiger partial charge >= 0.3 is 5.97 Å². The van der Waals surface area contributed by atoms with Crippen molar-refractivity contribution in [1.82, 2.24) is 9.55 Å². The van der Waals surface area contributed by atoms with Crippen LogP contribution in [0.2, 0.25) is 0 Å². The summed E-state index contributed by atoms with van der Waals surface area (Å²) in [7, 11) is 0. The maximum atomic E-state index is 11.1. The molecule has 0 saturated heterocycles. The topological polar surface area (TPSA) is 55.1 Å². The zero-order valence-electron chi connectivity index (χ0n) is 11.6. The normalized spacial score (nSPS) is 12.6. The van der Waals surface area contributed by atoms with Crippen molar-refractivity contribution < 1.29 is 9.90 Å². The van der Waals surface area contributed by atoms with Crippen molar-refractivity contribution in [2.24, 2.45) is 5.92 Å². The Labute approximate surface area is 122 Å². The van der Waals surface area contributed by atoms with E-state index >= 15 is 0 Å². The Bertz CT molecular complexity index is 550. The molecule has 0 radical (unpaired) electrons. The van der Waals surface area contributed by atoms with E-state index in [1.807, 2.05) is 48.9 Å². The van der Waals surface area contributed by atoms with Crippen LogP contribution in [0.5, 0.6) is 0 Å². The molecule has 0 saturated carbocycles. The summed E-state index contributed by atoms with van der Waals surface area (Å²) in [6.45, 7) is 3.88. The van der Waals surface area contributed by atoms with Crippen LogP contribution in [-0.4, -0.2) is 25.9 Å². The second kappa shape index (κ2) is 6.61. The van der Waals surface area contributed by atoms with Gasteiger partial charge in [-0.05, 0) is 23.6 Å². The summed E-state index contributed by atoms with van der Waals surface area (Å²) in [4.78, 5) is 15.2. The van der Waals surface area contributed by atoms with Crippen molar-refractivity contribution in [3.63, 3.8) is 0 Å². The van der Waals surface area contributed by atoms with E-state index < -0.39 is 5.97 Å². The highest BCUT2D eigenvalue weighted by Gasteiger charge is 2.21. The summed E-state index contributed by atoms with van der Waals surface area (Å²) in [5.74, 6) is 0.0991. The summed E-state index contributed by atoms with van der Waals surface area (Å²) in [6, 6.07) is 8.09.